The van der Waals surface area contributed by atoms with E-state index in [0.29, 0.717) is 0 Å². The molecule has 4 nitrogen and oxygen atoms in total. The standard InChI is InChI=1S/C16H26N4/c1-18-10-12-20(13-11-18)16-5-3-2-4-15(16)14-19-8-6-17-7-9-19/h2-5,17H,6-14H2,1H3. The number of nitrogens with one attached hydrogen (secondary N) is 1. The Hall–Kier alpha value is -1.10. The third-order valence-electron chi connectivity index (χ3n) is 4.44. The van der Waals surface area contributed by atoms with Crippen molar-refractivity contribution < 1.29 is 0 Å². The van der Waals surface area contributed by atoms with E-state index in [1.807, 2.05) is 0 Å². The fourth-order valence-corrected chi connectivity index (χ4v) is 3.11. The van der Waals surface area contributed by atoms with Gasteiger partial charge in [-0.25, -0.2) is 0 Å². The van der Waals surface area contributed by atoms with Crippen LogP contribution >= 0.6 is 0 Å². The molecule has 2 heterocycles. The summed E-state index contributed by atoms with van der Waals surface area (Å²) >= 11 is 0. The number of rotatable bonds is 3. The molecule has 0 bridgehead atoms. The van der Waals surface area contributed by atoms with Gasteiger partial charge in [-0.05, 0) is 18.7 Å². The van der Waals surface area contributed by atoms with Gasteiger partial charge in [-0.15, -0.1) is 0 Å². The number of para-hydroxylation sites is 1. The van der Waals surface area contributed by atoms with Crippen molar-refractivity contribution in [1.29, 1.82) is 0 Å². The van der Waals surface area contributed by atoms with E-state index in [-0.39, 0.29) is 0 Å². The van der Waals surface area contributed by atoms with Crippen LogP contribution in [0.4, 0.5) is 5.69 Å². The Morgan fingerprint density at radius 3 is 2.40 bits per heavy atom. The highest BCUT2D eigenvalue weighted by Gasteiger charge is 2.18. The van der Waals surface area contributed by atoms with E-state index < -0.39 is 0 Å². The number of anilines is 1. The first-order valence-corrected chi connectivity index (χ1v) is 7.77. The highest BCUT2D eigenvalue weighted by atomic mass is 15.3. The lowest BCUT2D eigenvalue weighted by molar-refractivity contribution is 0.233. The second kappa shape index (κ2) is 6.57. The Bertz CT molecular complexity index is 420. The van der Waals surface area contributed by atoms with Crippen molar-refractivity contribution in [2.45, 2.75) is 6.54 Å². The van der Waals surface area contributed by atoms with Gasteiger partial charge in [0.15, 0.2) is 0 Å². The van der Waals surface area contributed by atoms with E-state index in [1.54, 1.807) is 0 Å². The summed E-state index contributed by atoms with van der Waals surface area (Å²) in [4.78, 5) is 7.53. The maximum absolute atomic E-state index is 3.43. The minimum Gasteiger partial charge on any atom is -0.369 e. The van der Waals surface area contributed by atoms with Gasteiger partial charge in [0.1, 0.15) is 0 Å². The smallest absolute Gasteiger partial charge is 0.0412 e. The predicted octanol–water partition coefficient (Wildman–Crippen LogP) is 0.844. The number of nitrogens with zero attached hydrogens (tertiary/aromatic N) is 3. The van der Waals surface area contributed by atoms with Crippen LogP contribution in [0.15, 0.2) is 24.3 Å². The molecule has 0 amide bonds. The van der Waals surface area contributed by atoms with Crippen molar-refractivity contribution >= 4 is 5.69 Å². The normalized spacial score (nSPS) is 22.1. The molecule has 20 heavy (non-hydrogen) atoms. The molecule has 0 spiro atoms. The fraction of sp³-hybridized carbons (Fsp3) is 0.625. The van der Waals surface area contributed by atoms with Crippen molar-refractivity contribution in [2.75, 3.05) is 64.3 Å². The molecule has 1 aromatic carbocycles. The molecule has 1 N–H and O–H groups in total. The quantitative estimate of drug-likeness (QED) is 0.882. The van der Waals surface area contributed by atoms with E-state index in [2.05, 4.69) is 51.3 Å². The third kappa shape index (κ3) is 3.32. The summed E-state index contributed by atoms with van der Waals surface area (Å²) in [5.41, 5.74) is 2.93. The Kier molecular flexibility index (Phi) is 4.55. The van der Waals surface area contributed by atoms with Gasteiger partial charge in [0.25, 0.3) is 0 Å². The van der Waals surface area contributed by atoms with E-state index in [9.17, 15) is 0 Å². The summed E-state index contributed by atoms with van der Waals surface area (Å²) in [6.45, 7) is 10.3. The van der Waals surface area contributed by atoms with Gasteiger partial charge in [0.05, 0.1) is 0 Å². The van der Waals surface area contributed by atoms with Gasteiger partial charge < -0.3 is 15.1 Å². The maximum atomic E-state index is 3.43. The van der Waals surface area contributed by atoms with E-state index >= 15 is 0 Å². The molecule has 0 aromatic heterocycles. The molecular formula is C16H26N4. The number of hydrogen-bond acceptors (Lipinski definition) is 4. The Labute approximate surface area is 122 Å². The molecule has 110 valence electrons. The summed E-state index contributed by atoms with van der Waals surface area (Å²) in [6, 6.07) is 8.95. The zero-order chi connectivity index (χ0) is 13.8. The predicted molar refractivity (Wildman–Crippen MR) is 84.3 cm³/mol. The second-order valence-corrected chi connectivity index (χ2v) is 5.95. The topological polar surface area (TPSA) is 21.8 Å². The van der Waals surface area contributed by atoms with Crippen molar-refractivity contribution in [2.24, 2.45) is 0 Å². The molecule has 4 heteroatoms. The number of hydrogen-bond donors (Lipinski definition) is 1. The van der Waals surface area contributed by atoms with Crippen LogP contribution in [0.2, 0.25) is 0 Å². The van der Waals surface area contributed by atoms with Crippen LogP contribution in [0.3, 0.4) is 0 Å². The van der Waals surface area contributed by atoms with Crippen molar-refractivity contribution in [3.8, 4) is 0 Å². The molecule has 0 aliphatic carbocycles. The van der Waals surface area contributed by atoms with Gasteiger partial charge in [0, 0.05) is 64.6 Å². The number of piperazine rings is 2. The van der Waals surface area contributed by atoms with Crippen LogP contribution in [0.1, 0.15) is 5.56 Å². The fourth-order valence-electron chi connectivity index (χ4n) is 3.11. The van der Waals surface area contributed by atoms with Gasteiger partial charge in [-0.3, -0.25) is 4.90 Å². The minimum absolute atomic E-state index is 1.09. The van der Waals surface area contributed by atoms with E-state index in [4.69, 9.17) is 0 Å². The molecule has 2 aliphatic rings. The molecule has 0 unspecified atom stereocenters. The van der Waals surface area contributed by atoms with Crippen molar-refractivity contribution in [1.82, 2.24) is 15.1 Å². The lowest BCUT2D eigenvalue weighted by Crippen LogP contribution is -2.45. The lowest BCUT2D eigenvalue weighted by Gasteiger charge is -2.36. The molecule has 2 fully saturated rings. The zero-order valence-electron chi connectivity index (χ0n) is 12.5. The molecule has 1 aromatic rings. The third-order valence-corrected chi connectivity index (χ3v) is 4.44. The van der Waals surface area contributed by atoms with Gasteiger partial charge in [-0.2, -0.15) is 0 Å². The van der Waals surface area contributed by atoms with Gasteiger partial charge in [-0.1, -0.05) is 18.2 Å². The summed E-state index contributed by atoms with van der Waals surface area (Å²) in [5, 5.41) is 3.43. The van der Waals surface area contributed by atoms with Crippen molar-refractivity contribution in [3.05, 3.63) is 29.8 Å². The van der Waals surface area contributed by atoms with Crippen molar-refractivity contribution in [3.63, 3.8) is 0 Å². The largest absolute Gasteiger partial charge is 0.369 e. The van der Waals surface area contributed by atoms with Gasteiger partial charge >= 0.3 is 0 Å². The highest BCUT2D eigenvalue weighted by molar-refractivity contribution is 5.54. The first kappa shape index (κ1) is 13.9. The molecule has 0 atom stereocenters. The zero-order valence-corrected chi connectivity index (χ0v) is 12.5. The summed E-state index contributed by atoms with van der Waals surface area (Å²) in [6.07, 6.45) is 0. The molecule has 2 aliphatic heterocycles. The maximum Gasteiger partial charge on any atom is 0.0412 e. The molecule has 2 saturated heterocycles. The average molecular weight is 274 g/mol. The lowest BCUT2D eigenvalue weighted by atomic mass is 10.1. The Balaban J connectivity index is 1.70. The van der Waals surface area contributed by atoms with Crippen LogP contribution in [0.5, 0.6) is 0 Å². The number of likely N-dealkylation sites (N-methyl/N-ethyl adjacent to an activating group) is 1. The summed E-state index contributed by atoms with van der Waals surface area (Å²) < 4.78 is 0. The molecule has 0 saturated carbocycles. The Morgan fingerprint density at radius 1 is 0.950 bits per heavy atom. The van der Waals surface area contributed by atoms with E-state index in [1.165, 1.54) is 24.3 Å². The monoisotopic (exact) mass is 274 g/mol. The first-order chi connectivity index (χ1) is 9.83. The molecular weight excluding hydrogens is 248 g/mol. The molecule has 3 rings (SSSR count). The average Bonchev–Trinajstić information content (AvgIpc) is 2.50. The van der Waals surface area contributed by atoms with Crippen LogP contribution in [-0.4, -0.2) is 69.2 Å². The molecule has 0 radical (unpaired) electrons. The minimum atomic E-state index is 1.09. The second-order valence-electron chi connectivity index (χ2n) is 5.95. The SMILES string of the molecule is CN1CCN(c2ccccc2CN2CCNCC2)CC1. The van der Waals surface area contributed by atoms with Gasteiger partial charge in [0.2, 0.25) is 0 Å². The Morgan fingerprint density at radius 2 is 1.65 bits per heavy atom. The highest BCUT2D eigenvalue weighted by Crippen LogP contribution is 2.23. The van der Waals surface area contributed by atoms with Crippen LogP contribution in [0.25, 0.3) is 0 Å². The van der Waals surface area contributed by atoms with E-state index in [0.717, 1.165) is 45.8 Å². The van der Waals surface area contributed by atoms with Crippen LogP contribution in [0, 0.1) is 0 Å². The van der Waals surface area contributed by atoms with Crippen LogP contribution < -0.4 is 10.2 Å². The summed E-state index contributed by atoms with van der Waals surface area (Å²) in [7, 11) is 2.21. The first-order valence-electron chi connectivity index (χ1n) is 7.77. The summed E-state index contributed by atoms with van der Waals surface area (Å²) in [5.74, 6) is 0. The van der Waals surface area contributed by atoms with Crippen LogP contribution in [-0.2, 0) is 6.54 Å². The number of benzene rings is 1.